The van der Waals surface area contributed by atoms with E-state index in [-0.39, 0.29) is 5.91 Å². The Morgan fingerprint density at radius 1 is 0.857 bits per heavy atom. The summed E-state index contributed by atoms with van der Waals surface area (Å²) in [4.78, 5) is 31.9. The number of nitrogens with zero attached hydrogens (tertiary/aromatic N) is 6. The average molecular weight is 374 g/mol. The summed E-state index contributed by atoms with van der Waals surface area (Å²) < 4.78 is 0. The number of aromatic nitrogens is 3. The molecule has 3 heterocycles. The van der Waals surface area contributed by atoms with Gasteiger partial charge in [0.1, 0.15) is 23.7 Å². The lowest BCUT2D eigenvalue weighted by molar-refractivity contribution is 0.0988. The minimum absolute atomic E-state index is 0.151. The van der Waals surface area contributed by atoms with Gasteiger partial charge < -0.3 is 14.7 Å². The van der Waals surface area contributed by atoms with Gasteiger partial charge in [-0.05, 0) is 24.3 Å². The van der Waals surface area contributed by atoms with Crippen LogP contribution in [0.3, 0.4) is 0 Å². The molecule has 1 amide bonds. The van der Waals surface area contributed by atoms with Crippen LogP contribution in [0.2, 0.25) is 0 Å². The van der Waals surface area contributed by atoms with Gasteiger partial charge >= 0.3 is 0 Å². The number of hydrogen-bond donors (Lipinski definition) is 0. The van der Waals surface area contributed by atoms with E-state index in [0.717, 1.165) is 43.5 Å². The summed E-state index contributed by atoms with van der Waals surface area (Å²) in [6, 6.07) is 17.3. The third-order valence-electron chi connectivity index (χ3n) is 4.90. The highest BCUT2D eigenvalue weighted by molar-refractivity contribution is 6.04. The van der Waals surface area contributed by atoms with Gasteiger partial charge in [-0.2, -0.15) is 0 Å². The van der Waals surface area contributed by atoms with Crippen LogP contribution in [0.5, 0.6) is 0 Å². The molecule has 3 aromatic rings. The first-order chi connectivity index (χ1) is 13.7. The van der Waals surface area contributed by atoms with Gasteiger partial charge in [0, 0.05) is 51.2 Å². The first-order valence-corrected chi connectivity index (χ1v) is 9.28. The predicted octanol–water partition coefficient (Wildman–Crippen LogP) is 2.47. The number of para-hydroxylation sites is 1. The molecule has 7 heteroatoms. The summed E-state index contributed by atoms with van der Waals surface area (Å²) in [5, 5.41) is 0. The van der Waals surface area contributed by atoms with E-state index in [4.69, 9.17) is 0 Å². The maximum Gasteiger partial charge on any atom is 0.276 e. The highest BCUT2D eigenvalue weighted by Crippen LogP contribution is 2.19. The molecule has 1 saturated heterocycles. The molecule has 0 unspecified atom stereocenters. The monoisotopic (exact) mass is 374 g/mol. The number of amides is 1. The number of carbonyl (C=O) groups excluding carboxylic acids is 1. The van der Waals surface area contributed by atoms with Crippen LogP contribution in [0.4, 0.5) is 17.3 Å². The summed E-state index contributed by atoms with van der Waals surface area (Å²) in [6.45, 7) is 3.34. The van der Waals surface area contributed by atoms with Crippen molar-refractivity contribution in [2.75, 3.05) is 47.9 Å². The quantitative estimate of drug-likeness (QED) is 0.699. The van der Waals surface area contributed by atoms with Gasteiger partial charge in [-0.15, -0.1) is 0 Å². The average Bonchev–Trinajstić information content (AvgIpc) is 2.79. The molecule has 1 fully saturated rings. The fourth-order valence-corrected chi connectivity index (χ4v) is 3.28. The summed E-state index contributed by atoms with van der Waals surface area (Å²) in [5.74, 6) is 1.62. The smallest absolute Gasteiger partial charge is 0.276 e. The molecule has 0 radical (unpaired) electrons. The SMILES string of the molecule is CN(C(=O)c1cc(N2CCN(c3ccccn3)CC2)ncn1)c1ccccc1. The second kappa shape index (κ2) is 8.04. The molecule has 0 atom stereocenters. The van der Waals surface area contributed by atoms with Gasteiger partial charge in [0.15, 0.2) is 0 Å². The Hall–Kier alpha value is -3.48. The van der Waals surface area contributed by atoms with Crippen LogP contribution in [0, 0.1) is 0 Å². The van der Waals surface area contributed by atoms with E-state index in [1.54, 1.807) is 18.0 Å². The van der Waals surface area contributed by atoms with Crippen molar-refractivity contribution in [3.8, 4) is 0 Å². The van der Waals surface area contributed by atoms with Crippen LogP contribution in [0.1, 0.15) is 10.5 Å². The van der Waals surface area contributed by atoms with Crippen molar-refractivity contribution >= 4 is 23.2 Å². The Labute approximate surface area is 164 Å². The lowest BCUT2D eigenvalue weighted by Gasteiger charge is -2.36. The number of pyridine rings is 1. The van der Waals surface area contributed by atoms with Crippen molar-refractivity contribution in [3.05, 3.63) is 72.8 Å². The highest BCUT2D eigenvalue weighted by atomic mass is 16.2. The lowest BCUT2D eigenvalue weighted by Crippen LogP contribution is -2.47. The Bertz CT molecular complexity index is 926. The molecule has 7 nitrogen and oxygen atoms in total. The Kier molecular flexibility index (Phi) is 5.14. The summed E-state index contributed by atoms with van der Waals surface area (Å²) >= 11 is 0. The summed E-state index contributed by atoms with van der Waals surface area (Å²) in [5.41, 5.74) is 1.22. The standard InChI is InChI=1S/C21H22N6O/c1-25(17-7-3-2-4-8-17)21(28)18-15-20(24-16-23-18)27-13-11-26(12-14-27)19-9-5-6-10-22-19/h2-10,15-16H,11-14H2,1H3. The number of benzene rings is 1. The Balaban J connectivity index is 1.45. The maximum absolute atomic E-state index is 12.8. The van der Waals surface area contributed by atoms with Crippen molar-refractivity contribution in [1.29, 1.82) is 0 Å². The molecule has 142 valence electrons. The second-order valence-corrected chi connectivity index (χ2v) is 6.62. The van der Waals surface area contributed by atoms with E-state index in [1.165, 1.54) is 6.33 Å². The van der Waals surface area contributed by atoms with Crippen molar-refractivity contribution < 1.29 is 4.79 Å². The molecule has 1 aliphatic rings. The zero-order valence-corrected chi connectivity index (χ0v) is 15.8. The van der Waals surface area contributed by atoms with Crippen LogP contribution in [-0.2, 0) is 0 Å². The third kappa shape index (κ3) is 3.78. The number of hydrogen-bond acceptors (Lipinski definition) is 6. The largest absolute Gasteiger partial charge is 0.353 e. The molecular weight excluding hydrogens is 352 g/mol. The summed E-state index contributed by atoms with van der Waals surface area (Å²) in [7, 11) is 1.76. The van der Waals surface area contributed by atoms with Gasteiger partial charge in [-0.1, -0.05) is 24.3 Å². The third-order valence-corrected chi connectivity index (χ3v) is 4.90. The van der Waals surface area contributed by atoms with E-state index in [2.05, 4.69) is 24.8 Å². The van der Waals surface area contributed by atoms with Gasteiger partial charge in [-0.25, -0.2) is 15.0 Å². The maximum atomic E-state index is 12.8. The molecule has 2 aromatic heterocycles. The van der Waals surface area contributed by atoms with Crippen LogP contribution < -0.4 is 14.7 Å². The molecule has 0 saturated carbocycles. The fourth-order valence-electron chi connectivity index (χ4n) is 3.28. The normalized spacial score (nSPS) is 14.0. The van der Waals surface area contributed by atoms with Crippen molar-refractivity contribution in [1.82, 2.24) is 15.0 Å². The first kappa shape index (κ1) is 17.9. The Morgan fingerprint density at radius 3 is 2.21 bits per heavy atom. The topological polar surface area (TPSA) is 65.5 Å². The summed E-state index contributed by atoms with van der Waals surface area (Å²) in [6.07, 6.45) is 3.28. The molecular formula is C21H22N6O. The number of piperazine rings is 1. The van der Waals surface area contributed by atoms with Gasteiger partial charge in [0.05, 0.1) is 0 Å². The molecule has 0 N–H and O–H groups in total. The molecule has 0 bridgehead atoms. The zero-order valence-electron chi connectivity index (χ0n) is 15.8. The molecule has 0 aliphatic carbocycles. The predicted molar refractivity (Wildman–Crippen MR) is 110 cm³/mol. The van der Waals surface area contributed by atoms with Crippen molar-refractivity contribution in [2.24, 2.45) is 0 Å². The van der Waals surface area contributed by atoms with E-state index >= 15 is 0 Å². The van der Waals surface area contributed by atoms with E-state index < -0.39 is 0 Å². The lowest BCUT2D eigenvalue weighted by atomic mass is 10.2. The fraction of sp³-hybridized carbons (Fsp3) is 0.238. The van der Waals surface area contributed by atoms with E-state index in [0.29, 0.717) is 5.69 Å². The number of anilines is 3. The van der Waals surface area contributed by atoms with Gasteiger partial charge in [0.25, 0.3) is 5.91 Å². The highest BCUT2D eigenvalue weighted by Gasteiger charge is 2.21. The molecule has 28 heavy (non-hydrogen) atoms. The second-order valence-electron chi connectivity index (χ2n) is 6.62. The minimum Gasteiger partial charge on any atom is -0.353 e. The first-order valence-electron chi connectivity index (χ1n) is 9.28. The minimum atomic E-state index is -0.151. The molecule has 0 spiro atoms. The molecule has 1 aromatic carbocycles. The van der Waals surface area contributed by atoms with Crippen LogP contribution in [0.15, 0.2) is 67.1 Å². The van der Waals surface area contributed by atoms with E-state index in [1.807, 2.05) is 54.7 Å². The zero-order chi connectivity index (χ0) is 19.3. The van der Waals surface area contributed by atoms with E-state index in [9.17, 15) is 4.79 Å². The van der Waals surface area contributed by atoms with Crippen molar-refractivity contribution in [2.45, 2.75) is 0 Å². The molecule has 4 rings (SSSR count). The van der Waals surface area contributed by atoms with Crippen LogP contribution in [0.25, 0.3) is 0 Å². The molecule has 1 aliphatic heterocycles. The van der Waals surface area contributed by atoms with Gasteiger partial charge in [0.2, 0.25) is 0 Å². The van der Waals surface area contributed by atoms with Crippen LogP contribution >= 0.6 is 0 Å². The number of carbonyl (C=O) groups is 1. The van der Waals surface area contributed by atoms with Gasteiger partial charge in [-0.3, -0.25) is 4.79 Å². The Morgan fingerprint density at radius 2 is 1.54 bits per heavy atom. The number of rotatable bonds is 4. The van der Waals surface area contributed by atoms with Crippen LogP contribution in [-0.4, -0.2) is 54.1 Å². The van der Waals surface area contributed by atoms with Crippen molar-refractivity contribution in [3.63, 3.8) is 0 Å².